The van der Waals surface area contributed by atoms with Crippen molar-refractivity contribution in [3.8, 4) is 11.1 Å². The second-order valence-corrected chi connectivity index (χ2v) is 7.50. The van der Waals surface area contributed by atoms with Crippen molar-refractivity contribution in [2.24, 2.45) is 5.16 Å². The maximum absolute atomic E-state index is 5.47. The molecule has 3 aromatic rings. The van der Waals surface area contributed by atoms with E-state index in [2.05, 4.69) is 78.1 Å². The molecule has 141 valence electrons. The van der Waals surface area contributed by atoms with Crippen LogP contribution in [0, 0.1) is 0 Å². The molecule has 0 aliphatic heterocycles. The minimum atomic E-state index is 0.449. The molecule has 28 heavy (non-hydrogen) atoms. The van der Waals surface area contributed by atoms with E-state index in [0.717, 1.165) is 11.1 Å². The standard InChI is InChI=1S/C26H26NO/c1-3-9-23(10-4-1)25-16-14-21(15-17-25)20-28-27-19-22-8-7-13-26(18-22)24-11-5-2-6-12-24/h1,3-4,7-10,13-18,24H,2,5-6,11-12,20H2. The van der Waals surface area contributed by atoms with Gasteiger partial charge in [-0.15, -0.1) is 0 Å². The Kier molecular flexibility index (Phi) is 6.18. The Balaban J connectivity index is 1.32. The largest absolute Gasteiger partial charge is 0.390 e. The Labute approximate surface area is 167 Å². The van der Waals surface area contributed by atoms with Gasteiger partial charge in [0.15, 0.2) is 0 Å². The number of hydrogen-bond acceptors (Lipinski definition) is 2. The molecule has 0 bridgehead atoms. The van der Waals surface area contributed by atoms with Crippen LogP contribution in [0.1, 0.15) is 54.7 Å². The van der Waals surface area contributed by atoms with E-state index in [1.807, 2.05) is 12.1 Å². The van der Waals surface area contributed by atoms with Gasteiger partial charge in [-0.3, -0.25) is 0 Å². The van der Waals surface area contributed by atoms with Crippen LogP contribution >= 0.6 is 0 Å². The summed E-state index contributed by atoms with van der Waals surface area (Å²) in [7, 11) is 0. The van der Waals surface area contributed by atoms with Crippen molar-refractivity contribution in [3.05, 3.63) is 95.6 Å². The van der Waals surface area contributed by atoms with Crippen LogP contribution in [0.4, 0.5) is 0 Å². The fourth-order valence-electron chi connectivity index (χ4n) is 3.91. The summed E-state index contributed by atoms with van der Waals surface area (Å²) in [6.45, 7) is 0.449. The zero-order valence-electron chi connectivity index (χ0n) is 16.2. The van der Waals surface area contributed by atoms with Crippen LogP contribution in [-0.2, 0) is 11.4 Å². The average molecular weight is 369 g/mol. The van der Waals surface area contributed by atoms with E-state index in [1.54, 1.807) is 0 Å². The molecule has 2 nitrogen and oxygen atoms in total. The van der Waals surface area contributed by atoms with E-state index in [4.69, 9.17) is 4.84 Å². The van der Waals surface area contributed by atoms with E-state index < -0.39 is 0 Å². The lowest BCUT2D eigenvalue weighted by molar-refractivity contribution is 0.132. The summed E-state index contributed by atoms with van der Waals surface area (Å²) in [5.41, 5.74) is 5.93. The van der Waals surface area contributed by atoms with Crippen molar-refractivity contribution < 1.29 is 4.84 Å². The zero-order chi connectivity index (χ0) is 19.0. The Morgan fingerprint density at radius 1 is 0.786 bits per heavy atom. The molecule has 0 saturated heterocycles. The van der Waals surface area contributed by atoms with Crippen molar-refractivity contribution in [3.63, 3.8) is 0 Å². The Morgan fingerprint density at radius 2 is 1.54 bits per heavy atom. The van der Waals surface area contributed by atoms with Crippen LogP contribution in [0.25, 0.3) is 11.1 Å². The summed E-state index contributed by atoms with van der Waals surface area (Å²) < 4.78 is 0. The topological polar surface area (TPSA) is 21.6 Å². The highest BCUT2D eigenvalue weighted by molar-refractivity contribution is 5.79. The molecule has 1 aliphatic rings. The predicted octanol–water partition coefficient (Wildman–Crippen LogP) is 6.83. The molecule has 1 fully saturated rings. The average Bonchev–Trinajstić information content (AvgIpc) is 2.79. The summed E-state index contributed by atoms with van der Waals surface area (Å²) in [5, 5.41) is 4.05. The molecule has 1 aliphatic carbocycles. The van der Waals surface area contributed by atoms with Gasteiger partial charge in [-0.05, 0) is 47.1 Å². The van der Waals surface area contributed by atoms with E-state index in [9.17, 15) is 0 Å². The van der Waals surface area contributed by atoms with Gasteiger partial charge in [-0.1, -0.05) is 97.2 Å². The summed E-state index contributed by atoms with van der Waals surface area (Å²) in [6.07, 6.45) is 9.71. The molecule has 1 radical (unpaired) electrons. The third kappa shape index (κ3) is 4.89. The lowest BCUT2D eigenvalue weighted by atomic mass is 9.84. The molecule has 4 rings (SSSR count). The third-order valence-electron chi connectivity index (χ3n) is 5.49. The summed E-state index contributed by atoms with van der Waals surface area (Å²) in [5.74, 6) is 0.694. The van der Waals surface area contributed by atoms with Crippen LogP contribution in [0.15, 0.2) is 84.0 Å². The van der Waals surface area contributed by atoms with Gasteiger partial charge < -0.3 is 4.84 Å². The van der Waals surface area contributed by atoms with Gasteiger partial charge in [0, 0.05) is 5.56 Å². The highest BCUT2D eigenvalue weighted by Gasteiger charge is 2.15. The monoisotopic (exact) mass is 368 g/mol. The van der Waals surface area contributed by atoms with Gasteiger partial charge in [0.1, 0.15) is 12.8 Å². The maximum atomic E-state index is 5.47. The summed E-state index contributed by atoms with van der Waals surface area (Å²) >= 11 is 0. The molecule has 0 unspecified atom stereocenters. The molecule has 3 aromatic carbocycles. The molecule has 0 aromatic heterocycles. The maximum Gasteiger partial charge on any atom is 0.142 e. The lowest BCUT2D eigenvalue weighted by Crippen LogP contribution is -2.04. The first-order valence-electron chi connectivity index (χ1n) is 10.2. The molecule has 0 heterocycles. The van der Waals surface area contributed by atoms with Crippen LogP contribution < -0.4 is 0 Å². The molecular formula is C26H26NO. The first-order valence-corrected chi connectivity index (χ1v) is 10.2. The molecule has 0 amide bonds. The van der Waals surface area contributed by atoms with E-state index in [0.29, 0.717) is 12.5 Å². The van der Waals surface area contributed by atoms with Crippen LogP contribution in [0.3, 0.4) is 0 Å². The van der Waals surface area contributed by atoms with Crippen LogP contribution in [0.5, 0.6) is 0 Å². The van der Waals surface area contributed by atoms with Gasteiger partial charge in [-0.2, -0.15) is 0 Å². The fraction of sp³-hybridized carbons (Fsp3) is 0.269. The minimum absolute atomic E-state index is 0.449. The van der Waals surface area contributed by atoms with Gasteiger partial charge >= 0.3 is 0 Å². The molecular weight excluding hydrogens is 342 g/mol. The van der Waals surface area contributed by atoms with Crippen LogP contribution in [-0.4, -0.2) is 6.21 Å². The molecule has 0 atom stereocenters. The van der Waals surface area contributed by atoms with Crippen molar-refractivity contribution in [1.29, 1.82) is 0 Å². The minimum Gasteiger partial charge on any atom is -0.390 e. The lowest BCUT2D eigenvalue weighted by Gasteiger charge is -2.22. The van der Waals surface area contributed by atoms with Gasteiger partial charge in [-0.25, -0.2) is 0 Å². The second kappa shape index (κ2) is 9.36. The smallest absolute Gasteiger partial charge is 0.142 e. The second-order valence-electron chi connectivity index (χ2n) is 7.50. The Hall–Kier alpha value is -2.87. The fourth-order valence-corrected chi connectivity index (χ4v) is 3.91. The Bertz CT molecular complexity index is 893. The van der Waals surface area contributed by atoms with Crippen molar-refractivity contribution in [2.75, 3.05) is 0 Å². The first kappa shape index (κ1) is 18.5. The first-order chi connectivity index (χ1) is 13.9. The van der Waals surface area contributed by atoms with Crippen molar-refractivity contribution in [1.82, 2.24) is 0 Å². The SMILES string of the molecule is [C](=N/OCc1ccc(-c2ccccc2)cc1)/c1cccc(C2CCCCC2)c1. The quantitative estimate of drug-likeness (QED) is 0.345. The Morgan fingerprint density at radius 3 is 2.32 bits per heavy atom. The highest BCUT2D eigenvalue weighted by atomic mass is 16.6. The molecule has 0 spiro atoms. The van der Waals surface area contributed by atoms with Crippen molar-refractivity contribution >= 4 is 6.21 Å². The van der Waals surface area contributed by atoms with Crippen LogP contribution in [0.2, 0.25) is 0 Å². The van der Waals surface area contributed by atoms with E-state index >= 15 is 0 Å². The molecule has 1 saturated carbocycles. The number of benzene rings is 3. The third-order valence-corrected chi connectivity index (χ3v) is 5.49. The number of nitrogens with zero attached hydrogens (tertiary/aromatic N) is 1. The van der Waals surface area contributed by atoms with E-state index in [1.165, 1.54) is 48.8 Å². The predicted molar refractivity (Wildman–Crippen MR) is 115 cm³/mol. The summed E-state index contributed by atoms with van der Waals surface area (Å²) in [4.78, 5) is 5.47. The van der Waals surface area contributed by atoms with E-state index in [-0.39, 0.29) is 0 Å². The van der Waals surface area contributed by atoms with Gasteiger partial charge in [0.25, 0.3) is 0 Å². The van der Waals surface area contributed by atoms with Gasteiger partial charge in [0.05, 0.1) is 0 Å². The number of hydrogen-bond donors (Lipinski definition) is 0. The van der Waals surface area contributed by atoms with Gasteiger partial charge in [0.2, 0.25) is 0 Å². The highest BCUT2D eigenvalue weighted by Crippen LogP contribution is 2.32. The van der Waals surface area contributed by atoms with Crippen molar-refractivity contribution in [2.45, 2.75) is 44.6 Å². The normalized spacial score (nSPS) is 15.0. The molecule has 2 heteroatoms. The zero-order valence-corrected chi connectivity index (χ0v) is 16.2. The summed E-state index contributed by atoms with van der Waals surface area (Å²) in [6, 6.07) is 27.4. The molecule has 0 N–H and O–H groups in total. The number of rotatable bonds is 6.